The number of carbonyl (C=O) groups excluding carboxylic acids is 2. The molecule has 0 radical (unpaired) electrons. The second-order valence-corrected chi connectivity index (χ2v) is 7.75. The summed E-state index contributed by atoms with van der Waals surface area (Å²) < 4.78 is 5.91. The van der Waals surface area contributed by atoms with Crippen LogP contribution in [0, 0.1) is 6.92 Å². The lowest BCUT2D eigenvalue weighted by Gasteiger charge is -2.33. The van der Waals surface area contributed by atoms with Crippen LogP contribution in [0.15, 0.2) is 64.3 Å². The second kappa shape index (κ2) is 6.65. The first-order valence-electron chi connectivity index (χ1n) is 10.00. The number of amides is 2. The van der Waals surface area contributed by atoms with Gasteiger partial charge in [-0.25, -0.2) is 0 Å². The van der Waals surface area contributed by atoms with E-state index in [1.807, 2.05) is 6.92 Å². The van der Waals surface area contributed by atoms with E-state index in [9.17, 15) is 19.5 Å². The molecule has 156 valence electrons. The number of aliphatic hydroxyl groups is 1. The smallest absolute Gasteiger partial charge is 0.291 e. The van der Waals surface area contributed by atoms with Gasteiger partial charge in [-0.15, -0.1) is 6.58 Å². The number of anilines is 1. The van der Waals surface area contributed by atoms with Crippen molar-refractivity contribution in [2.24, 2.45) is 0 Å². The van der Waals surface area contributed by atoms with Crippen molar-refractivity contribution in [3.63, 3.8) is 0 Å². The van der Waals surface area contributed by atoms with Gasteiger partial charge in [-0.1, -0.05) is 35.9 Å². The fraction of sp³-hybridized carbons (Fsp3) is 0.208. The molecule has 2 amide bonds. The third-order valence-electron chi connectivity index (χ3n) is 6.03. The van der Waals surface area contributed by atoms with Crippen molar-refractivity contribution in [2.75, 3.05) is 24.6 Å². The molecule has 0 aliphatic carbocycles. The average Bonchev–Trinajstić information content (AvgIpc) is 3.15. The maximum atomic E-state index is 13.9. The molecule has 2 aromatic carbocycles. The molecule has 1 unspecified atom stereocenters. The Kier molecular flexibility index (Phi) is 4.13. The van der Waals surface area contributed by atoms with Gasteiger partial charge in [-0.3, -0.25) is 14.4 Å². The van der Waals surface area contributed by atoms with E-state index in [2.05, 4.69) is 6.58 Å². The first-order chi connectivity index (χ1) is 15.0. The van der Waals surface area contributed by atoms with Crippen LogP contribution in [0.2, 0.25) is 0 Å². The van der Waals surface area contributed by atoms with Crippen molar-refractivity contribution in [3.8, 4) is 0 Å². The largest absolute Gasteiger partial charge is 0.450 e. The monoisotopic (exact) mass is 416 g/mol. The molecule has 2 aliphatic rings. The third kappa shape index (κ3) is 2.29. The molecule has 31 heavy (non-hydrogen) atoms. The van der Waals surface area contributed by atoms with Gasteiger partial charge in [0.1, 0.15) is 5.58 Å². The molecule has 0 saturated carbocycles. The zero-order valence-electron chi connectivity index (χ0n) is 16.9. The molecule has 1 spiro atoms. The van der Waals surface area contributed by atoms with E-state index in [1.165, 1.54) is 9.80 Å². The van der Waals surface area contributed by atoms with Crippen LogP contribution in [0.3, 0.4) is 0 Å². The Bertz CT molecular complexity index is 1340. The minimum absolute atomic E-state index is 0.00747. The van der Waals surface area contributed by atoms with Crippen LogP contribution in [-0.4, -0.2) is 41.5 Å². The molecule has 0 fully saturated rings. The van der Waals surface area contributed by atoms with Crippen molar-refractivity contribution in [2.45, 2.75) is 12.5 Å². The fourth-order valence-electron chi connectivity index (χ4n) is 4.82. The molecule has 2 aliphatic heterocycles. The van der Waals surface area contributed by atoms with E-state index in [0.717, 1.165) is 5.56 Å². The molecule has 5 rings (SSSR count). The van der Waals surface area contributed by atoms with E-state index < -0.39 is 22.8 Å². The van der Waals surface area contributed by atoms with Crippen LogP contribution in [0.4, 0.5) is 5.69 Å². The quantitative estimate of drug-likeness (QED) is 0.659. The molecule has 7 heteroatoms. The number of fused-ring (bicyclic) bond motifs is 5. The average molecular weight is 416 g/mol. The Morgan fingerprint density at radius 1 is 1.16 bits per heavy atom. The summed E-state index contributed by atoms with van der Waals surface area (Å²) in [5.74, 6) is -1.18. The van der Waals surface area contributed by atoms with Gasteiger partial charge in [0.25, 0.3) is 11.8 Å². The number of carbonyl (C=O) groups is 2. The van der Waals surface area contributed by atoms with Gasteiger partial charge in [-0.2, -0.15) is 0 Å². The Labute approximate surface area is 177 Å². The molecule has 1 aromatic heterocycles. The Hall–Kier alpha value is -3.71. The molecule has 1 atom stereocenters. The summed E-state index contributed by atoms with van der Waals surface area (Å²) in [5, 5.41) is 10.0. The summed E-state index contributed by atoms with van der Waals surface area (Å²) in [4.78, 5) is 43.9. The minimum atomic E-state index is -1.69. The number of aliphatic hydroxyl groups excluding tert-OH is 1. The number of hydrogen-bond donors (Lipinski definition) is 1. The number of aryl methyl sites for hydroxylation is 1. The van der Waals surface area contributed by atoms with E-state index >= 15 is 0 Å². The highest BCUT2D eigenvalue weighted by atomic mass is 16.3. The number of nitrogens with zero attached hydrogens (tertiary/aromatic N) is 2. The lowest BCUT2D eigenvalue weighted by Crippen LogP contribution is -2.54. The Morgan fingerprint density at radius 2 is 1.94 bits per heavy atom. The first kappa shape index (κ1) is 19.3. The zero-order chi connectivity index (χ0) is 21.9. The number of hydrogen-bond acceptors (Lipinski definition) is 5. The first-order valence-corrected chi connectivity index (χ1v) is 10.00. The summed E-state index contributed by atoms with van der Waals surface area (Å²) in [5.41, 5.74) is 0.154. The van der Waals surface area contributed by atoms with Crippen LogP contribution >= 0.6 is 0 Å². The molecule has 1 N–H and O–H groups in total. The van der Waals surface area contributed by atoms with Gasteiger partial charge in [-0.05, 0) is 25.1 Å². The maximum absolute atomic E-state index is 13.9. The Balaban J connectivity index is 1.94. The van der Waals surface area contributed by atoms with Crippen LogP contribution in [0.5, 0.6) is 0 Å². The standard InChI is InChI=1S/C24H20N2O5/c1-3-10-25-17-7-5-4-6-16(17)24(23(25)30)19-20(28)15-13-14(2)8-9-18(15)31-21(19)22(29)26(24)11-12-27/h3-9,13,27H,1,10-12H2,2H3. The van der Waals surface area contributed by atoms with Crippen molar-refractivity contribution in [1.82, 2.24) is 4.90 Å². The maximum Gasteiger partial charge on any atom is 0.291 e. The van der Waals surface area contributed by atoms with Crippen LogP contribution in [0.25, 0.3) is 11.0 Å². The van der Waals surface area contributed by atoms with Crippen molar-refractivity contribution < 1.29 is 19.1 Å². The second-order valence-electron chi connectivity index (χ2n) is 7.75. The normalized spacial score (nSPS) is 19.4. The summed E-state index contributed by atoms with van der Waals surface area (Å²) in [7, 11) is 0. The van der Waals surface area contributed by atoms with E-state index in [4.69, 9.17) is 4.42 Å². The van der Waals surface area contributed by atoms with Gasteiger partial charge in [0.15, 0.2) is 11.0 Å². The van der Waals surface area contributed by atoms with Gasteiger partial charge >= 0.3 is 0 Å². The van der Waals surface area contributed by atoms with Crippen LogP contribution in [-0.2, 0) is 10.3 Å². The molecule has 3 heterocycles. The van der Waals surface area contributed by atoms with Gasteiger partial charge in [0, 0.05) is 18.7 Å². The van der Waals surface area contributed by atoms with Crippen molar-refractivity contribution in [3.05, 3.63) is 87.8 Å². The number of rotatable bonds is 4. The Morgan fingerprint density at radius 3 is 2.68 bits per heavy atom. The highest BCUT2D eigenvalue weighted by molar-refractivity contribution is 6.17. The SMILES string of the molecule is C=CCN1C(=O)C2(c3ccccc31)c1c(oc3ccc(C)cc3c1=O)C(=O)N2CCO. The minimum Gasteiger partial charge on any atom is -0.450 e. The molecular formula is C24H20N2O5. The van der Waals surface area contributed by atoms with Crippen LogP contribution in [0.1, 0.15) is 27.2 Å². The van der Waals surface area contributed by atoms with E-state index in [-0.39, 0.29) is 36.6 Å². The third-order valence-corrected chi connectivity index (χ3v) is 6.03. The number of para-hydroxylation sites is 1. The topological polar surface area (TPSA) is 91.1 Å². The van der Waals surface area contributed by atoms with Crippen molar-refractivity contribution >= 4 is 28.5 Å². The number of β-amino-alcohol motifs (C(OH)–C–C–N with tert-alkyl or cyclic N) is 1. The molecule has 0 saturated heterocycles. The van der Waals surface area contributed by atoms with Gasteiger partial charge < -0.3 is 19.3 Å². The molecule has 0 bridgehead atoms. The summed E-state index contributed by atoms with van der Waals surface area (Å²) >= 11 is 0. The van der Waals surface area contributed by atoms with Gasteiger partial charge in [0.2, 0.25) is 5.76 Å². The predicted octanol–water partition coefficient (Wildman–Crippen LogP) is 2.33. The van der Waals surface area contributed by atoms with Crippen molar-refractivity contribution in [1.29, 1.82) is 0 Å². The molecule has 7 nitrogen and oxygen atoms in total. The highest BCUT2D eigenvalue weighted by Gasteiger charge is 2.64. The van der Waals surface area contributed by atoms with Gasteiger partial charge in [0.05, 0.1) is 23.2 Å². The lowest BCUT2D eigenvalue weighted by molar-refractivity contribution is -0.126. The highest BCUT2D eigenvalue weighted by Crippen LogP contribution is 2.52. The molecular weight excluding hydrogens is 396 g/mol. The summed E-state index contributed by atoms with van der Waals surface area (Å²) in [6.07, 6.45) is 1.59. The summed E-state index contributed by atoms with van der Waals surface area (Å²) in [6.45, 7) is 5.31. The fourth-order valence-corrected chi connectivity index (χ4v) is 4.82. The number of benzene rings is 2. The molecule has 3 aromatic rings. The van der Waals surface area contributed by atoms with Crippen LogP contribution < -0.4 is 10.3 Å². The summed E-state index contributed by atoms with van der Waals surface area (Å²) in [6, 6.07) is 12.2. The van der Waals surface area contributed by atoms with E-state index in [0.29, 0.717) is 16.6 Å². The predicted molar refractivity (Wildman–Crippen MR) is 115 cm³/mol. The zero-order valence-corrected chi connectivity index (χ0v) is 16.9. The lowest BCUT2D eigenvalue weighted by atomic mass is 9.84. The van der Waals surface area contributed by atoms with E-state index in [1.54, 1.807) is 48.5 Å².